The Bertz CT molecular complexity index is 672. The predicted molar refractivity (Wildman–Crippen MR) is 82.6 cm³/mol. The van der Waals surface area contributed by atoms with Gasteiger partial charge < -0.3 is 15.2 Å². The Morgan fingerprint density at radius 3 is 2.73 bits per heavy atom. The molecule has 2 aliphatic heterocycles. The SMILES string of the molecule is CC1(C)CN(S(=O)(=O)c2cccc3c2OCCO3)CCC1N. The van der Waals surface area contributed by atoms with Gasteiger partial charge in [0.25, 0.3) is 0 Å². The average molecular weight is 326 g/mol. The predicted octanol–water partition coefficient (Wildman–Crippen LogP) is 1.21. The van der Waals surface area contributed by atoms with E-state index in [1.807, 2.05) is 13.8 Å². The van der Waals surface area contributed by atoms with Crippen molar-refractivity contribution < 1.29 is 17.9 Å². The van der Waals surface area contributed by atoms with Crippen LogP contribution in [0.15, 0.2) is 23.1 Å². The quantitative estimate of drug-likeness (QED) is 0.883. The minimum Gasteiger partial charge on any atom is -0.486 e. The Balaban J connectivity index is 1.97. The summed E-state index contributed by atoms with van der Waals surface area (Å²) in [5, 5.41) is 0. The first-order valence-electron chi connectivity index (χ1n) is 7.47. The molecule has 7 heteroatoms. The van der Waals surface area contributed by atoms with Crippen molar-refractivity contribution in [2.75, 3.05) is 26.3 Å². The van der Waals surface area contributed by atoms with E-state index in [-0.39, 0.29) is 16.4 Å². The first-order valence-corrected chi connectivity index (χ1v) is 8.91. The highest BCUT2D eigenvalue weighted by atomic mass is 32.2. The van der Waals surface area contributed by atoms with Crippen LogP contribution in [0, 0.1) is 5.41 Å². The van der Waals surface area contributed by atoms with Crippen LogP contribution in [-0.4, -0.2) is 45.1 Å². The van der Waals surface area contributed by atoms with Gasteiger partial charge in [-0.2, -0.15) is 4.31 Å². The monoisotopic (exact) mass is 326 g/mol. The zero-order valence-corrected chi connectivity index (χ0v) is 13.7. The number of nitrogens with zero attached hydrogens (tertiary/aromatic N) is 1. The number of para-hydroxylation sites is 1. The molecule has 6 nitrogen and oxygen atoms in total. The second-order valence-corrected chi connectivity index (χ2v) is 8.41. The smallest absolute Gasteiger partial charge is 0.246 e. The van der Waals surface area contributed by atoms with E-state index in [2.05, 4.69) is 0 Å². The molecule has 1 saturated heterocycles. The molecule has 122 valence electrons. The normalized spacial score (nSPS) is 25.0. The summed E-state index contributed by atoms with van der Waals surface area (Å²) < 4.78 is 38.5. The van der Waals surface area contributed by atoms with Crippen molar-refractivity contribution in [2.24, 2.45) is 11.1 Å². The summed E-state index contributed by atoms with van der Waals surface area (Å²) in [5.41, 5.74) is 5.85. The Hall–Kier alpha value is -1.31. The molecular weight excluding hydrogens is 304 g/mol. The number of rotatable bonds is 2. The number of piperidine rings is 1. The Morgan fingerprint density at radius 1 is 1.27 bits per heavy atom. The number of fused-ring (bicyclic) bond motifs is 1. The number of ether oxygens (including phenoxy) is 2. The van der Waals surface area contributed by atoms with Gasteiger partial charge >= 0.3 is 0 Å². The second-order valence-electron chi connectivity index (χ2n) is 6.50. The maximum atomic E-state index is 13.0. The summed E-state index contributed by atoms with van der Waals surface area (Å²) in [4.78, 5) is 0.177. The van der Waals surface area contributed by atoms with Gasteiger partial charge in [0, 0.05) is 19.1 Å². The van der Waals surface area contributed by atoms with Gasteiger partial charge in [-0.15, -0.1) is 0 Å². The molecule has 1 atom stereocenters. The Morgan fingerprint density at radius 2 is 2.00 bits per heavy atom. The molecule has 1 unspecified atom stereocenters. The molecular formula is C15H22N2O4S. The molecule has 1 aromatic carbocycles. The van der Waals surface area contributed by atoms with Crippen molar-refractivity contribution in [2.45, 2.75) is 31.2 Å². The third-order valence-corrected chi connectivity index (χ3v) is 6.29. The summed E-state index contributed by atoms with van der Waals surface area (Å²) in [6.45, 7) is 5.62. The molecule has 0 radical (unpaired) electrons. The molecule has 2 N–H and O–H groups in total. The van der Waals surface area contributed by atoms with E-state index < -0.39 is 10.0 Å². The summed E-state index contributed by atoms with van der Waals surface area (Å²) in [5.74, 6) is 0.807. The third kappa shape index (κ3) is 2.57. The van der Waals surface area contributed by atoms with E-state index in [1.165, 1.54) is 4.31 Å². The molecule has 2 heterocycles. The molecule has 1 fully saturated rings. The standard InChI is InChI=1S/C15H22N2O4S/c1-15(2)10-17(7-6-13(15)16)22(18,19)12-5-3-4-11-14(12)21-9-8-20-11/h3-5,13H,6-10,16H2,1-2H3. The number of hydrogen-bond acceptors (Lipinski definition) is 5. The number of hydrogen-bond donors (Lipinski definition) is 1. The Kier molecular flexibility index (Phi) is 3.82. The molecule has 0 bridgehead atoms. The van der Waals surface area contributed by atoms with E-state index in [0.717, 1.165) is 0 Å². The fraction of sp³-hybridized carbons (Fsp3) is 0.600. The summed E-state index contributed by atoms with van der Waals surface area (Å²) in [6, 6.07) is 4.98. The summed E-state index contributed by atoms with van der Waals surface area (Å²) in [6.07, 6.45) is 0.651. The lowest BCUT2D eigenvalue weighted by molar-refractivity contribution is 0.152. The van der Waals surface area contributed by atoms with Gasteiger partial charge in [0.2, 0.25) is 10.0 Å². The third-order valence-electron chi connectivity index (χ3n) is 4.43. The maximum absolute atomic E-state index is 13.0. The van der Waals surface area contributed by atoms with Gasteiger partial charge in [-0.25, -0.2) is 8.42 Å². The second kappa shape index (κ2) is 5.40. The van der Waals surface area contributed by atoms with Crippen molar-refractivity contribution in [3.63, 3.8) is 0 Å². The van der Waals surface area contributed by atoms with Gasteiger partial charge in [-0.05, 0) is 24.0 Å². The average Bonchev–Trinajstić information content (AvgIpc) is 2.49. The lowest BCUT2D eigenvalue weighted by Crippen LogP contribution is -2.53. The highest BCUT2D eigenvalue weighted by Crippen LogP contribution is 2.39. The highest BCUT2D eigenvalue weighted by molar-refractivity contribution is 7.89. The molecule has 0 aliphatic carbocycles. The van der Waals surface area contributed by atoms with Crippen molar-refractivity contribution in [1.82, 2.24) is 4.31 Å². The zero-order valence-electron chi connectivity index (χ0n) is 12.9. The molecule has 0 aromatic heterocycles. The van der Waals surface area contributed by atoms with Gasteiger partial charge in [-0.3, -0.25) is 0 Å². The topological polar surface area (TPSA) is 81.9 Å². The van der Waals surface area contributed by atoms with E-state index in [4.69, 9.17) is 15.2 Å². The van der Waals surface area contributed by atoms with Crippen LogP contribution in [0.1, 0.15) is 20.3 Å². The van der Waals surface area contributed by atoms with Crippen LogP contribution in [0.2, 0.25) is 0 Å². The van der Waals surface area contributed by atoms with Crippen molar-refractivity contribution >= 4 is 10.0 Å². The van der Waals surface area contributed by atoms with Crippen LogP contribution in [0.4, 0.5) is 0 Å². The van der Waals surface area contributed by atoms with Crippen LogP contribution < -0.4 is 15.2 Å². The van der Waals surface area contributed by atoms with Gasteiger partial charge in [0.05, 0.1) is 0 Å². The van der Waals surface area contributed by atoms with Crippen LogP contribution >= 0.6 is 0 Å². The molecule has 1 aromatic rings. The fourth-order valence-corrected chi connectivity index (χ4v) is 4.69. The number of nitrogens with two attached hydrogens (primary N) is 1. The summed E-state index contributed by atoms with van der Waals surface area (Å²) >= 11 is 0. The van der Waals surface area contributed by atoms with Gasteiger partial charge in [0.15, 0.2) is 11.5 Å². The van der Waals surface area contributed by atoms with Gasteiger partial charge in [0.1, 0.15) is 18.1 Å². The fourth-order valence-electron chi connectivity index (χ4n) is 2.92. The van der Waals surface area contributed by atoms with Crippen molar-refractivity contribution in [3.05, 3.63) is 18.2 Å². The van der Waals surface area contributed by atoms with Crippen molar-refractivity contribution in [1.29, 1.82) is 0 Å². The molecule has 2 aliphatic rings. The maximum Gasteiger partial charge on any atom is 0.246 e. The lowest BCUT2D eigenvalue weighted by Gasteiger charge is -2.42. The minimum absolute atomic E-state index is 0.00298. The lowest BCUT2D eigenvalue weighted by atomic mass is 9.81. The molecule has 22 heavy (non-hydrogen) atoms. The van der Waals surface area contributed by atoms with Gasteiger partial charge in [-0.1, -0.05) is 19.9 Å². The number of benzene rings is 1. The molecule has 3 rings (SSSR count). The largest absolute Gasteiger partial charge is 0.486 e. The molecule has 0 spiro atoms. The summed E-state index contributed by atoms with van der Waals surface area (Å²) in [7, 11) is -3.63. The van der Waals surface area contributed by atoms with Crippen LogP contribution in [0.25, 0.3) is 0 Å². The van der Waals surface area contributed by atoms with Crippen LogP contribution in [0.5, 0.6) is 11.5 Å². The first kappa shape index (κ1) is 15.6. The van der Waals surface area contributed by atoms with E-state index in [9.17, 15) is 8.42 Å². The van der Waals surface area contributed by atoms with E-state index in [1.54, 1.807) is 18.2 Å². The highest BCUT2D eigenvalue weighted by Gasteiger charge is 2.40. The first-order chi connectivity index (χ1) is 10.3. The van der Waals surface area contributed by atoms with Crippen LogP contribution in [0.3, 0.4) is 0 Å². The number of sulfonamides is 1. The van der Waals surface area contributed by atoms with Crippen LogP contribution in [-0.2, 0) is 10.0 Å². The van der Waals surface area contributed by atoms with Crippen molar-refractivity contribution in [3.8, 4) is 11.5 Å². The molecule has 0 amide bonds. The minimum atomic E-state index is -3.63. The molecule has 0 saturated carbocycles. The zero-order chi connectivity index (χ0) is 16.0. The van der Waals surface area contributed by atoms with E-state index >= 15 is 0 Å². The Labute approximate surface area is 131 Å². The van der Waals surface area contributed by atoms with E-state index in [0.29, 0.717) is 44.2 Å².